The largest absolute Gasteiger partial charge is 0.484 e. The van der Waals surface area contributed by atoms with E-state index >= 15 is 0 Å². The Kier molecular flexibility index (Phi) is 4.46. The van der Waals surface area contributed by atoms with Gasteiger partial charge in [-0.05, 0) is 60.2 Å². The number of anilines is 1. The molecule has 122 valence electrons. The minimum Gasteiger partial charge on any atom is -0.484 e. The molecule has 0 spiro atoms. The topological polar surface area (TPSA) is 21.3 Å². The van der Waals surface area contributed by atoms with E-state index in [9.17, 15) is 13.2 Å². The lowest BCUT2D eigenvalue weighted by Gasteiger charge is -2.12. The standard InChI is InChI=1S/C18H18F3NO/c19-18(20,21)12-23-17-6-1-3-13(9-17)11-22-16-8-7-14-4-2-5-15(14)10-16/h1,3,6-10,22H,2,4-5,11-12H2. The first-order valence-electron chi connectivity index (χ1n) is 7.64. The third kappa shape index (κ3) is 4.41. The van der Waals surface area contributed by atoms with Gasteiger partial charge >= 0.3 is 6.18 Å². The second-order valence-electron chi connectivity index (χ2n) is 5.74. The highest BCUT2D eigenvalue weighted by molar-refractivity contribution is 5.50. The molecule has 0 aliphatic heterocycles. The van der Waals surface area contributed by atoms with Crippen molar-refractivity contribution in [2.24, 2.45) is 0 Å². The molecule has 2 aromatic rings. The number of halogens is 3. The van der Waals surface area contributed by atoms with E-state index in [4.69, 9.17) is 4.74 Å². The Bertz CT molecular complexity index is 682. The van der Waals surface area contributed by atoms with Gasteiger partial charge in [0.25, 0.3) is 0 Å². The molecule has 0 fully saturated rings. The Morgan fingerprint density at radius 1 is 1.00 bits per heavy atom. The Morgan fingerprint density at radius 2 is 1.83 bits per heavy atom. The third-order valence-corrected chi connectivity index (χ3v) is 3.90. The maximum atomic E-state index is 12.2. The van der Waals surface area contributed by atoms with Crippen molar-refractivity contribution in [2.45, 2.75) is 32.0 Å². The summed E-state index contributed by atoms with van der Waals surface area (Å²) >= 11 is 0. The fourth-order valence-corrected chi connectivity index (χ4v) is 2.80. The van der Waals surface area contributed by atoms with E-state index in [-0.39, 0.29) is 5.75 Å². The third-order valence-electron chi connectivity index (χ3n) is 3.90. The normalized spacial score (nSPS) is 13.7. The summed E-state index contributed by atoms with van der Waals surface area (Å²) in [6.45, 7) is -0.725. The Labute approximate surface area is 133 Å². The zero-order valence-corrected chi connectivity index (χ0v) is 12.6. The molecule has 1 N–H and O–H groups in total. The van der Waals surface area contributed by atoms with Crippen molar-refractivity contribution in [2.75, 3.05) is 11.9 Å². The van der Waals surface area contributed by atoms with E-state index in [2.05, 4.69) is 17.4 Å². The van der Waals surface area contributed by atoms with Crippen LogP contribution in [0.3, 0.4) is 0 Å². The number of nitrogens with one attached hydrogen (secondary N) is 1. The fourth-order valence-electron chi connectivity index (χ4n) is 2.80. The summed E-state index contributed by atoms with van der Waals surface area (Å²) in [6, 6.07) is 13.1. The second-order valence-corrected chi connectivity index (χ2v) is 5.74. The first-order valence-corrected chi connectivity index (χ1v) is 7.64. The molecule has 0 saturated carbocycles. The van der Waals surface area contributed by atoms with Gasteiger partial charge in [0.1, 0.15) is 5.75 Å². The van der Waals surface area contributed by atoms with Crippen LogP contribution in [-0.4, -0.2) is 12.8 Å². The Morgan fingerprint density at radius 3 is 2.65 bits per heavy atom. The van der Waals surface area contributed by atoms with Gasteiger partial charge in [-0.25, -0.2) is 0 Å². The van der Waals surface area contributed by atoms with E-state index in [1.807, 2.05) is 12.1 Å². The molecule has 0 radical (unpaired) electrons. The minimum atomic E-state index is -4.32. The van der Waals surface area contributed by atoms with Crippen LogP contribution in [0.2, 0.25) is 0 Å². The Balaban J connectivity index is 1.60. The second kappa shape index (κ2) is 6.52. The van der Waals surface area contributed by atoms with Gasteiger partial charge in [0, 0.05) is 12.2 Å². The number of aryl methyl sites for hydroxylation is 2. The summed E-state index contributed by atoms with van der Waals surface area (Å²) in [5.74, 6) is 0.232. The van der Waals surface area contributed by atoms with E-state index in [0.717, 1.165) is 24.1 Å². The molecule has 0 bridgehead atoms. The molecule has 5 heteroatoms. The summed E-state index contributed by atoms with van der Waals surface area (Å²) in [5.41, 5.74) is 4.72. The monoisotopic (exact) mass is 321 g/mol. The molecule has 2 nitrogen and oxygen atoms in total. The van der Waals surface area contributed by atoms with Gasteiger partial charge in [-0.15, -0.1) is 0 Å². The lowest BCUT2D eigenvalue weighted by Crippen LogP contribution is -2.19. The molecule has 1 aliphatic carbocycles. The average molecular weight is 321 g/mol. The van der Waals surface area contributed by atoms with Crippen LogP contribution in [-0.2, 0) is 19.4 Å². The van der Waals surface area contributed by atoms with Crippen molar-refractivity contribution < 1.29 is 17.9 Å². The quantitative estimate of drug-likeness (QED) is 0.860. The van der Waals surface area contributed by atoms with Gasteiger partial charge < -0.3 is 10.1 Å². The van der Waals surface area contributed by atoms with Crippen molar-refractivity contribution in [3.8, 4) is 5.75 Å². The average Bonchev–Trinajstić information content (AvgIpc) is 2.98. The number of hydrogen-bond acceptors (Lipinski definition) is 2. The lowest BCUT2D eigenvalue weighted by atomic mass is 10.1. The Hall–Kier alpha value is -2.17. The van der Waals surface area contributed by atoms with Crippen LogP contribution in [0.1, 0.15) is 23.1 Å². The molecule has 0 unspecified atom stereocenters. The van der Waals surface area contributed by atoms with Gasteiger partial charge in [0.2, 0.25) is 0 Å². The molecule has 23 heavy (non-hydrogen) atoms. The van der Waals surface area contributed by atoms with Crippen LogP contribution in [0.25, 0.3) is 0 Å². The highest BCUT2D eigenvalue weighted by atomic mass is 19.4. The molecule has 2 aromatic carbocycles. The van der Waals surface area contributed by atoms with Crippen molar-refractivity contribution in [3.05, 3.63) is 59.2 Å². The number of rotatable bonds is 5. The van der Waals surface area contributed by atoms with E-state index in [1.54, 1.807) is 12.1 Å². The molecule has 0 aromatic heterocycles. The molecule has 0 atom stereocenters. The van der Waals surface area contributed by atoms with Crippen LogP contribution < -0.4 is 10.1 Å². The van der Waals surface area contributed by atoms with Crippen molar-refractivity contribution in [1.82, 2.24) is 0 Å². The van der Waals surface area contributed by atoms with Crippen molar-refractivity contribution >= 4 is 5.69 Å². The van der Waals surface area contributed by atoms with E-state index in [0.29, 0.717) is 6.54 Å². The van der Waals surface area contributed by atoms with Gasteiger partial charge in [0.05, 0.1) is 0 Å². The first kappa shape index (κ1) is 15.7. The molecule has 3 rings (SSSR count). The zero-order chi connectivity index (χ0) is 16.3. The summed E-state index contributed by atoms with van der Waals surface area (Å²) in [6.07, 6.45) is -0.851. The number of ether oxygens (including phenoxy) is 1. The zero-order valence-electron chi connectivity index (χ0n) is 12.6. The number of alkyl halides is 3. The maximum Gasteiger partial charge on any atom is 0.422 e. The van der Waals surface area contributed by atoms with Crippen molar-refractivity contribution in [3.63, 3.8) is 0 Å². The molecular weight excluding hydrogens is 303 g/mol. The smallest absolute Gasteiger partial charge is 0.422 e. The SMILES string of the molecule is FC(F)(F)COc1cccc(CNc2ccc3c(c2)CCC3)c1. The number of benzene rings is 2. The number of fused-ring (bicyclic) bond motifs is 1. The van der Waals surface area contributed by atoms with Crippen LogP contribution in [0.15, 0.2) is 42.5 Å². The van der Waals surface area contributed by atoms with Gasteiger partial charge in [-0.2, -0.15) is 13.2 Å². The predicted octanol–water partition coefficient (Wildman–Crippen LogP) is 4.73. The maximum absolute atomic E-state index is 12.2. The summed E-state index contributed by atoms with van der Waals surface area (Å²) in [7, 11) is 0. The van der Waals surface area contributed by atoms with Crippen LogP contribution in [0, 0.1) is 0 Å². The molecule has 0 heterocycles. The molecule has 0 saturated heterocycles. The summed E-state index contributed by atoms with van der Waals surface area (Å²) < 4.78 is 41.3. The fraction of sp³-hybridized carbons (Fsp3) is 0.333. The first-order chi connectivity index (χ1) is 11.0. The highest BCUT2D eigenvalue weighted by Gasteiger charge is 2.28. The minimum absolute atomic E-state index is 0.232. The number of hydrogen-bond donors (Lipinski definition) is 1. The van der Waals surface area contributed by atoms with Gasteiger partial charge in [-0.3, -0.25) is 0 Å². The highest BCUT2D eigenvalue weighted by Crippen LogP contribution is 2.25. The molecule has 0 amide bonds. The van der Waals surface area contributed by atoms with Gasteiger partial charge in [0.15, 0.2) is 6.61 Å². The molecular formula is C18H18F3NO. The van der Waals surface area contributed by atoms with Crippen LogP contribution in [0.4, 0.5) is 18.9 Å². The molecule has 1 aliphatic rings. The van der Waals surface area contributed by atoms with Crippen molar-refractivity contribution in [1.29, 1.82) is 0 Å². The lowest BCUT2D eigenvalue weighted by molar-refractivity contribution is -0.153. The van der Waals surface area contributed by atoms with Crippen LogP contribution >= 0.6 is 0 Å². The van der Waals surface area contributed by atoms with E-state index in [1.165, 1.54) is 23.6 Å². The summed E-state index contributed by atoms with van der Waals surface area (Å²) in [4.78, 5) is 0. The van der Waals surface area contributed by atoms with E-state index < -0.39 is 12.8 Å². The summed E-state index contributed by atoms with van der Waals surface area (Å²) in [5, 5.41) is 3.31. The predicted molar refractivity (Wildman–Crippen MR) is 83.8 cm³/mol. The van der Waals surface area contributed by atoms with Gasteiger partial charge in [-0.1, -0.05) is 18.2 Å². The van der Waals surface area contributed by atoms with Crippen LogP contribution in [0.5, 0.6) is 5.75 Å².